The Hall–Kier alpha value is -3.33. The quantitative estimate of drug-likeness (QED) is 0.547. The number of fused-ring (bicyclic) bond motifs is 2. The fraction of sp³-hybridized carbons (Fsp3) is 0.158. The molecular weight excluding hydrogens is 382 g/mol. The summed E-state index contributed by atoms with van der Waals surface area (Å²) in [4.78, 5) is 26.3. The number of nitrogens with one attached hydrogen (secondary N) is 2. The number of rotatable bonds is 4. The molecule has 0 radical (unpaired) electrons. The Morgan fingerprint density at radius 1 is 1.11 bits per heavy atom. The average Bonchev–Trinajstić information content (AvgIpc) is 2.96. The maximum Gasteiger partial charge on any atom is 0.419 e. The minimum atomic E-state index is -3.92. The van der Waals surface area contributed by atoms with Gasteiger partial charge in [-0.25, -0.2) is 13.2 Å². The van der Waals surface area contributed by atoms with Gasteiger partial charge in [0.25, 0.3) is 15.6 Å². The van der Waals surface area contributed by atoms with Crippen molar-refractivity contribution in [2.45, 2.75) is 25.3 Å². The molecule has 0 aliphatic rings. The van der Waals surface area contributed by atoms with Gasteiger partial charge in [-0.05, 0) is 49.6 Å². The molecule has 9 heteroatoms. The molecule has 0 aliphatic carbocycles. The first-order valence-corrected chi connectivity index (χ1v) is 10.1. The lowest BCUT2D eigenvalue weighted by Gasteiger charge is -2.09. The van der Waals surface area contributed by atoms with Crippen LogP contribution in [0.15, 0.2) is 61.4 Å². The van der Waals surface area contributed by atoms with Gasteiger partial charge in [-0.1, -0.05) is 6.07 Å². The Kier molecular flexibility index (Phi) is 4.11. The molecular formula is C19H17N3O5S. The fourth-order valence-electron chi connectivity index (χ4n) is 3.10. The van der Waals surface area contributed by atoms with E-state index in [-0.39, 0.29) is 16.0 Å². The minimum Gasteiger partial charge on any atom is -0.408 e. The van der Waals surface area contributed by atoms with E-state index in [0.29, 0.717) is 28.8 Å². The van der Waals surface area contributed by atoms with Crippen LogP contribution in [-0.4, -0.2) is 18.0 Å². The zero-order chi connectivity index (χ0) is 20.1. The van der Waals surface area contributed by atoms with Gasteiger partial charge in [-0.2, -0.15) is 0 Å². The van der Waals surface area contributed by atoms with Crippen molar-refractivity contribution in [1.82, 2.24) is 9.55 Å². The van der Waals surface area contributed by atoms with Gasteiger partial charge in [0.15, 0.2) is 5.58 Å². The first kappa shape index (κ1) is 18.1. The summed E-state index contributed by atoms with van der Waals surface area (Å²) < 4.78 is 34.5. The predicted molar refractivity (Wildman–Crippen MR) is 106 cm³/mol. The minimum absolute atomic E-state index is 0.0329. The third-order valence-corrected chi connectivity index (χ3v) is 5.93. The molecule has 4 aromatic rings. The number of aromatic amines is 1. The molecule has 2 N–H and O–H groups in total. The van der Waals surface area contributed by atoms with Crippen molar-refractivity contribution in [2.75, 3.05) is 4.72 Å². The molecule has 0 amide bonds. The van der Waals surface area contributed by atoms with Gasteiger partial charge in [0.1, 0.15) is 0 Å². The van der Waals surface area contributed by atoms with Crippen LogP contribution in [0, 0.1) is 6.92 Å². The van der Waals surface area contributed by atoms with Crippen LogP contribution >= 0.6 is 0 Å². The van der Waals surface area contributed by atoms with Crippen molar-refractivity contribution in [2.24, 2.45) is 0 Å². The van der Waals surface area contributed by atoms with Crippen molar-refractivity contribution in [3.63, 3.8) is 0 Å². The van der Waals surface area contributed by atoms with Gasteiger partial charge in [0.2, 0.25) is 0 Å². The SMILES string of the molecule is CCn1c(=O)oc2cc(S(=O)(=O)Nc3ccc4cc(C)c(=O)[nH]c4c3)ccc21. The number of hydrogen-bond acceptors (Lipinski definition) is 5. The van der Waals surface area contributed by atoms with Gasteiger partial charge >= 0.3 is 5.76 Å². The van der Waals surface area contributed by atoms with E-state index < -0.39 is 15.8 Å². The average molecular weight is 399 g/mol. The largest absolute Gasteiger partial charge is 0.419 e. The van der Waals surface area contributed by atoms with Crippen molar-refractivity contribution < 1.29 is 12.8 Å². The van der Waals surface area contributed by atoms with E-state index >= 15 is 0 Å². The molecule has 4 rings (SSSR count). The van der Waals surface area contributed by atoms with Crippen LogP contribution in [0.1, 0.15) is 12.5 Å². The molecule has 0 unspecified atom stereocenters. The summed E-state index contributed by atoms with van der Waals surface area (Å²) in [6, 6.07) is 10.9. The second-order valence-electron chi connectivity index (χ2n) is 6.43. The third-order valence-electron chi connectivity index (χ3n) is 4.55. The maximum absolute atomic E-state index is 12.8. The Labute approximate surface area is 159 Å². The summed E-state index contributed by atoms with van der Waals surface area (Å²) in [6.45, 7) is 3.92. The fourth-order valence-corrected chi connectivity index (χ4v) is 4.17. The number of aryl methyl sites for hydroxylation is 2. The highest BCUT2D eigenvalue weighted by Gasteiger charge is 2.18. The molecule has 144 valence electrons. The number of pyridine rings is 1. The lowest BCUT2D eigenvalue weighted by atomic mass is 10.1. The number of benzene rings is 2. The van der Waals surface area contributed by atoms with E-state index in [4.69, 9.17) is 4.42 Å². The standard InChI is InChI=1S/C19H17N3O5S/c1-3-22-16-7-6-14(10-17(16)27-19(22)24)28(25,26)21-13-5-4-12-8-11(2)18(23)20-15(12)9-13/h4-10,21H,3H2,1-2H3,(H,20,23). The molecule has 0 saturated heterocycles. The van der Waals surface area contributed by atoms with Gasteiger partial charge in [0.05, 0.1) is 21.6 Å². The maximum atomic E-state index is 12.8. The smallest absolute Gasteiger partial charge is 0.408 e. The normalized spacial score (nSPS) is 11.9. The van der Waals surface area contributed by atoms with E-state index in [1.807, 2.05) is 0 Å². The Morgan fingerprint density at radius 3 is 2.64 bits per heavy atom. The first-order chi connectivity index (χ1) is 13.3. The summed E-state index contributed by atoms with van der Waals surface area (Å²) >= 11 is 0. The van der Waals surface area contributed by atoms with Crippen molar-refractivity contribution in [3.8, 4) is 0 Å². The lowest BCUT2D eigenvalue weighted by Crippen LogP contribution is -2.14. The molecule has 2 aromatic heterocycles. The number of sulfonamides is 1. The van der Waals surface area contributed by atoms with Crippen LogP contribution in [0.4, 0.5) is 5.69 Å². The highest BCUT2D eigenvalue weighted by molar-refractivity contribution is 7.92. The van der Waals surface area contributed by atoms with Crippen LogP contribution in [0.25, 0.3) is 22.0 Å². The van der Waals surface area contributed by atoms with Gasteiger partial charge in [-0.15, -0.1) is 0 Å². The number of hydrogen-bond donors (Lipinski definition) is 2. The van der Waals surface area contributed by atoms with Gasteiger partial charge in [-0.3, -0.25) is 14.1 Å². The summed E-state index contributed by atoms with van der Waals surface area (Å²) in [5, 5.41) is 0.796. The summed E-state index contributed by atoms with van der Waals surface area (Å²) in [5.74, 6) is -0.534. The van der Waals surface area contributed by atoms with Crippen molar-refractivity contribution >= 4 is 37.7 Å². The van der Waals surface area contributed by atoms with E-state index in [1.54, 1.807) is 44.2 Å². The Bertz CT molecular complexity index is 1440. The zero-order valence-electron chi connectivity index (χ0n) is 15.1. The number of anilines is 1. The summed E-state index contributed by atoms with van der Waals surface area (Å²) in [7, 11) is -3.92. The van der Waals surface area contributed by atoms with Crippen molar-refractivity contribution in [1.29, 1.82) is 0 Å². The van der Waals surface area contributed by atoms with E-state index in [1.165, 1.54) is 16.7 Å². The molecule has 0 bridgehead atoms. The molecule has 2 heterocycles. The van der Waals surface area contributed by atoms with Crippen molar-refractivity contribution in [3.05, 3.63) is 68.9 Å². The Morgan fingerprint density at radius 2 is 1.89 bits per heavy atom. The lowest BCUT2D eigenvalue weighted by molar-refractivity contribution is 0.512. The number of aromatic nitrogens is 2. The summed E-state index contributed by atoms with van der Waals surface area (Å²) in [5.41, 5.74) is 1.91. The molecule has 2 aromatic carbocycles. The molecule has 8 nitrogen and oxygen atoms in total. The molecule has 0 saturated carbocycles. The van der Waals surface area contributed by atoms with Crippen LogP contribution in [0.2, 0.25) is 0 Å². The van der Waals surface area contributed by atoms with Gasteiger partial charge in [0, 0.05) is 18.2 Å². The second kappa shape index (κ2) is 6.38. The number of oxazole rings is 1. The molecule has 0 spiro atoms. The van der Waals surface area contributed by atoms with Gasteiger partial charge < -0.3 is 9.40 Å². The van der Waals surface area contributed by atoms with Crippen LogP contribution < -0.4 is 16.0 Å². The molecule has 0 atom stereocenters. The first-order valence-electron chi connectivity index (χ1n) is 8.58. The number of nitrogens with zero attached hydrogens (tertiary/aromatic N) is 1. The topological polar surface area (TPSA) is 114 Å². The highest BCUT2D eigenvalue weighted by atomic mass is 32.2. The monoisotopic (exact) mass is 399 g/mol. The molecule has 0 aliphatic heterocycles. The molecule has 28 heavy (non-hydrogen) atoms. The predicted octanol–water partition coefficient (Wildman–Crippen LogP) is 2.57. The molecule has 0 fully saturated rings. The zero-order valence-corrected chi connectivity index (χ0v) is 16.0. The Balaban J connectivity index is 1.73. The number of H-pyrrole nitrogens is 1. The van der Waals surface area contributed by atoms with Crippen LogP contribution in [-0.2, 0) is 16.6 Å². The second-order valence-corrected chi connectivity index (χ2v) is 8.11. The van der Waals surface area contributed by atoms with E-state index in [2.05, 4.69) is 9.71 Å². The summed E-state index contributed by atoms with van der Waals surface area (Å²) in [6.07, 6.45) is 0. The van der Waals surface area contributed by atoms with E-state index in [9.17, 15) is 18.0 Å². The van der Waals surface area contributed by atoms with Crippen LogP contribution in [0.5, 0.6) is 0 Å². The van der Waals surface area contributed by atoms with Crippen LogP contribution in [0.3, 0.4) is 0 Å². The highest BCUT2D eigenvalue weighted by Crippen LogP contribution is 2.23. The van der Waals surface area contributed by atoms with E-state index in [0.717, 1.165) is 5.39 Å². The third kappa shape index (κ3) is 2.99.